The maximum Gasteiger partial charge on any atom is 0.150 e. The molecule has 0 fully saturated rings. The topological polar surface area (TPSA) is 17.1 Å². The molecule has 0 aliphatic rings. The predicted molar refractivity (Wildman–Crippen MR) is 62.0 cm³/mol. The number of allylic oxidation sites excluding steroid dienone is 1. The van der Waals surface area contributed by atoms with Gasteiger partial charge in [-0.25, -0.2) is 0 Å². The van der Waals surface area contributed by atoms with Gasteiger partial charge in [-0.1, -0.05) is 18.2 Å². The van der Waals surface area contributed by atoms with Gasteiger partial charge in [-0.05, 0) is 30.7 Å². The summed E-state index contributed by atoms with van der Waals surface area (Å²) in [6, 6.07) is 7.69. The van der Waals surface area contributed by atoms with Crippen molar-refractivity contribution in [3.05, 3.63) is 42.5 Å². The van der Waals surface area contributed by atoms with Crippen LogP contribution >= 0.6 is 11.8 Å². The molecule has 0 heterocycles. The smallest absolute Gasteiger partial charge is 0.150 e. The molecule has 1 rings (SSSR count). The molecule has 74 valence electrons. The van der Waals surface area contributed by atoms with Crippen LogP contribution in [0.25, 0.3) is 0 Å². The fourth-order valence-electron chi connectivity index (χ4n) is 1.10. The van der Waals surface area contributed by atoms with Gasteiger partial charge >= 0.3 is 0 Å². The van der Waals surface area contributed by atoms with Gasteiger partial charge in [-0.2, -0.15) is 0 Å². The lowest BCUT2D eigenvalue weighted by Crippen LogP contribution is -1.82. The van der Waals surface area contributed by atoms with E-state index in [1.54, 1.807) is 11.8 Å². The van der Waals surface area contributed by atoms with Crippen molar-refractivity contribution < 1.29 is 4.79 Å². The van der Waals surface area contributed by atoms with Gasteiger partial charge in [0.1, 0.15) is 6.29 Å². The molecule has 0 saturated carbocycles. The van der Waals surface area contributed by atoms with Crippen LogP contribution in [0.3, 0.4) is 0 Å². The number of thioether (sulfide) groups is 1. The van der Waals surface area contributed by atoms with Gasteiger partial charge in [0, 0.05) is 10.5 Å². The summed E-state index contributed by atoms with van der Waals surface area (Å²) < 4.78 is 0. The van der Waals surface area contributed by atoms with E-state index < -0.39 is 0 Å². The minimum Gasteiger partial charge on any atom is -0.298 e. The zero-order chi connectivity index (χ0) is 10.2. The van der Waals surface area contributed by atoms with Crippen LogP contribution in [0.4, 0.5) is 0 Å². The molecule has 0 amide bonds. The van der Waals surface area contributed by atoms with E-state index in [4.69, 9.17) is 0 Å². The SMILES string of the molecule is C=CCCCSc1cccc(C=O)c1. The van der Waals surface area contributed by atoms with E-state index in [1.807, 2.05) is 30.3 Å². The van der Waals surface area contributed by atoms with Crippen LogP contribution in [0.15, 0.2) is 41.8 Å². The molecule has 1 aromatic carbocycles. The highest BCUT2D eigenvalue weighted by atomic mass is 32.2. The first-order valence-electron chi connectivity index (χ1n) is 4.66. The summed E-state index contributed by atoms with van der Waals surface area (Å²) in [5, 5.41) is 0. The minimum atomic E-state index is 0.749. The fraction of sp³-hybridized carbons (Fsp3) is 0.250. The summed E-state index contributed by atoms with van der Waals surface area (Å²) in [7, 11) is 0. The molecule has 0 saturated heterocycles. The fourth-order valence-corrected chi connectivity index (χ4v) is 2.04. The Morgan fingerprint density at radius 2 is 2.29 bits per heavy atom. The molecule has 0 unspecified atom stereocenters. The Kier molecular flexibility index (Phi) is 5.08. The summed E-state index contributed by atoms with van der Waals surface area (Å²) in [5.74, 6) is 1.08. The molecule has 1 aromatic rings. The minimum absolute atomic E-state index is 0.749. The molecular weight excluding hydrogens is 192 g/mol. The second-order valence-electron chi connectivity index (χ2n) is 2.97. The number of benzene rings is 1. The number of carbonyl (C=O) groups excluding carboxylic acids is 1. The third-order valence-electron chi connectivity index (χ3n) is 1.82. The second-order valence-corrected chi connectivity index (χ2v) is 4.14. The van der Waals surface area contributed by atoms with Crippen molar-refractivity contribution in [3.8, 4) is 0 Å². The van der Waals surface area contributed by atoms with Gasteiger partial charge < -0.3 is 0 Å². The summed E-state index contributed by atoms with van der Waals surface area (Å²) in [6.07, 6.45) is 5.01. The van der Waals surface area contributed by atoms with Gasteiger partial charge in [0.25, 0.3) is 0 Å². The van der Waals surface area contributed by atoms with Crippen molar-refractivity contribution in [2.75, 3.05) is 5.75 Å². The van der Waals surface area contributed by atoms with Crippen LogP contribution < -0.4 is 0 Å². The van der Waals surface area contributed by atoms with Crippen LogP contribution in [-0.4, -0.2) is 12.0 Å². The quantitative estimate of drug-likeness (QED) is 0.306. The molecule has 0 spiro atoms. The first kappa shape index (κ1) is 11.1. The van der Waals surface area contributed by atoms with Crippen LogP contribution in [0.5, 0.6) is 0 Å². The third-order valence-corrected chi connectivity index (χ3v) is 2.90. The van der Waals surface area contributed by atoms with Crippen molar-refractivity contribution >= 4 is 18.0 Å². The third kappa shape index (κ3) is 3.79. The van der Waals surface area contributed by atoms with Gasteiger partial charge in [0.2, 0.25) is 0 Å². The number of hydrogen-bond donors (Lipinski definition) is 0. The molecule has 0 aromatic heterocycles. The molecule has 0 aliphatic heterocycles. The first-order valence-corrected chi connectivity index (χ1v) is 5.64. The molecule has 2 heteroatoms. The lowest BCUT2D eigenvalue weighted by molar-refractivity contribution is 0.112. The zero-order valence-corrected chi connectivity index (χ0v) is 8.93. The van der Waals surface area contributed by atoms with E-state index in [9.17, 15) is 4.79 Å². The molecule has 0 bridgehead atoms. The van der Waals surface area contributed by atoms with Crippen molar-refractivity contribution in [2.24, 2.45) is 0 Å². The van der Waals surface area contributed by atoms with Crippen LogP contribution in [0.2, 0.25) is 0 Å². The van der Waals surface area contributed by atoms with E-state index in [0.29, 0.717) is 0 Å². The van der Waals surface area contributed by atoms with E-state index in [1.165, 1.54) is 4.90 Å². The van der Waals surface area contributed by atoms with Crippen molar-refractivity contribution in [3.63, 3.8) is 0 Å². The van der Waals surface area contributed by atoms with Crippen molar-refractivity contribution in [1.29, 1.82) is 0 Å². The molecule has 0 N–H and O–H groups in total. The number of unbranched alkanes of at least 4 members (excludes halogenated alkanes) is 1. The molecule has 1 nitrogen and oxygen atoms in total. The van der Waals surface area contributed by atoms with Crippen molar-refractivity contribution in [1.82, 2.24) is 0 Å². The largest absolute Gasteiger partial charge is 0.298 e. The maximum atomic E-state index is 10.5. The van der Waals surface area contributed by atoms with Gasteiger partial charge in [-0.3, -0.25) is 4.79 Å². The van der Waals surface area contributed by atoms with Crippen LogP contribution in [0.1, 0.15) is 23.2 Å². The Morgan fingerprint density at radius 1 is 1.43 bits per heavy atom. The average molecular weight is 206 g/mol. The van der Waals surface area contributed by atoms with Gasteiger partial charge in [-0.15, -0.1) is 18.3 Å². The summed E-state index contributed by atoms with van der Waals surface area (Å²) in [6.45, 7) is 3.68. The monoisotopic (exact) mass is 206 g/mol. The Bertz CT molecular complexity index is 307. The zero-order valence-electron chi connectivity index (χ0n) is 8.11. The van der Waals surface area contributed by atoms with Crippen molar-refractivity contribution in [2.45, 2.75) is 17.7 Å². The molecular formula is C12H14OS. The predicted octanol–water partition coefficient (Wildman–Crippen LogP) is 3.56. The summed E-state index contributed by atoms with van der Waals surface area (Å²) in [5.41, 5.74) is 0.749. The molecule has 0 atom stereocenters. The van der Waals surface area contributed by atoms with E-state index in [2.05, 4.69) is 6.58 Å². The first-order chi connectivity index (χ1) is 6.86. The van der Waals surface area contributed by atoms with Gasteiger partial charge in [0.15, 0.2) is 0 Å². The Balaban J connectivity index is 2.42. The van der Waals surface area contributed by atoms with E-state index in [-0.39, 0.29) is 0 Å². The summed E-state index contributed by atoms with van der Waals surface area (Å²) >= 11 is 1.78. The Morgan fingerprint density at radius 3 is 3.00 bits per heavy atom. The lowest BCUT2D eigenvalue weighted by Gasteiger charge is -2.00. The highest BCUT2D eigenvalue weighted by Gasteiger charge is 1.95. The maximum absolute atomic E-state index is 10.5. The lowest BCUT2D eigenvalue weighted by atomic mass is 10.2. The van der Waals surface area contributed by atoms with Crippen LogP contribution in [0, 0.1) is 0 Å². The average Bonchev–Trinajstić information content (AvgIpc) is 2.25. The highest BCUT2D eigenvalue weighted by Crippen LogP contribution is 2.19. The number of aldehydes is 1. The Labute approximate surface area is 89.2 Å². The van der Waals surface area contributed by atoms with Gasteiger partial charge in [0.05, 0.1) is 0 Å². The Hall–Kier alpha value is -1.02. The van der Waals surface area contributed by atoms with E-state index in [0.717, 1.165) is 30.4 Å². The molecule has 0 aliphatic carbocycles. The van der Waals surface area contributed by atoms with E-state index >= 15 is 0 Å². The standard InChI is InChI=1S/C12H14OS/c1-2-3-4-8-14-12-7-5-6-11(9-12)10-13/h2,5-7,9-10H,1,3-4,8H2. The number of carbonyl (C=O) groups is 1. The van der Waals surface area contributed by atoms with Crippen LogP contribution in [-0.2, 0) is 0 Å². The number of hydrogen-bond acceptors (Lipinski definition) is 2. The number of rotatable bonds is 6. The normalized spacial score (nSPS) is 9.71. The highest BCUT2D eigenvalue weighted by molar-refractivity contribution is 7.99. The molecule has 14 heavy (non-hydrogen) atoms. The summed E-state index contributed by atoms with van der Waals surface area (Å²) in [4.78, 5) is 11.7. The second kappa shape index (κ2) is 6.44. The molecule has 0 radical (unpaired) electrons.